The summed E-state index contributed by atoms with van der Waals surface area (Å²) >= 11 is 0. The molecule has 0 saturated carbocycles. The summed E-state index contributed by atoms with van der Waals surface area (Å²) in [6.45, 7) is 6.96. The Balaban J connectivity index is 1.41. The van der Waals surface area contributed by atoms with Crippen molar-refractivity contribution in [3.63, 3.8) is 0 Å². The Hall–Kier alpha value is -3.76. The summed E-state index contributed by atoms with van der Waals surface area (Å²) in [5, 5.41) is 12.1. The molecule has 4 heterocycles. The van der Waals surface area contributed by atoms with Gasteiger partial charge in [0.1, 0.15) is 5.56 Å². The minimum Gasteiger partial charge on any atom is -0.351 e. The lowest BCUT2D eigenvalue weighted by Crippen LogP contribution is -2.41. The number of amides is 3. The highest BCUT2D eigenvalue weighted by molar-refractivity contribution is 6.01. The van der Waals surface area contributed by atoms with Crippen LogP contribution < -0.4 is 5.32 Å². The molecule has 1 N–H and O–H groups in total. The zero-order valence-electron chi connectivity index (χ0n) is 22.9. The van der Waals surface area contributed by atoms with Gasteiger partial charge in [-0.25, -0.2) is 9.50 Å². The Labute approximate surface area is 222 Å². The predicted octanol–water partition coefficient (Wildman–Crippen LogP) is 1.76. The minimum absolute atomic E-state index is 0.0209. The van der Waals surface area contributed by atoms with Crippen LogP contribution in [0.15, 0.2) is 6.07 Å². The molecule has 2 bridgehead atoms. The fourth-order valence-electron chi connectivity index (χ4n) is 5.79. The highest BCUT2D eigenvalue weighted by atomic mass is 16.2. The summed E-state index contributed by atoms with van der Waals surface area (Å²) in [5.74, 6) is -0.313. The Morgan fingerprint density at radius 1 is 1.05 bits per heavy atom. The van der Waals surface area contributed by atoms with Crippen LogP contribution in [0.1, 0.15) is 74.9 Å². The summed E-state index contributed by atoms with van der Waals surface area (Å²) < 4.78 is 3.50. The van der Waals surface area contributed by atoms with E-state index in [2.05, 4.69) is 20.5 Å². The van der Waals surface area contributed by atoms with Gasteiger partial charge >= 0.3 is 0 Å². The summed E-state index contributed by atoms with van der Waals surface area (Å²) in [6, 6.07) is 1.95. The second-order valence-corrected chi connectivity index (χ2v) is 10.5. The molecule has 0 saturated heterocycles. The summed E-state index contributed by atoms with van der Waals surface area (Å²) in [6.07, 6.45) is 3.72. The van der Waals surface area contributed by atoms with Gasteiger partial charge in [-0.1, -0.05) is 0 Å². The molecule has 3 aromatic rings. The standard InChI is InChI=1S/C27H36N8O3/c1-16-14-17(2)35-25(29-16)23(18(3)30-35)27(38)34-12-6-8-22(36)32(4)19-9-10-21-20(15-19)24(31-33(21)5)26(37)28-11-7-13-34/h14,19H,6-13,15H2,1-5H3,(H,28,37). The highest BCUT2D eigenvalue weighted by Crippen LogP contribution is 2.27. The van der Waals surface area contributed by atoms with Crippen molar-refractivity contribution in [2.45, 2.75) is 65.3 Å². The molecule has 202 valence electrons. The number of hydrogen-bond donors (Lipinski definition) is 1. The Morgan fingerprint density at radius 3 is 2.61 bits per heavy atom. The quantitative estimate of drug-likeness (QED) is 0.523. The number of nitrogens with one attached hydrogen (secondary N) is 1. The largest absolute Gasteiger partial charge is 0.351 e. The molecule has 38 heavy (non-hydrogen) atoms. The monoisotopic (exact) mass is 520 g/mol. The van der Waals surface area contributed by atoms with Crippen LogP contribution >= 0.6 is 0 Å². The van der Waals surface area contributed by atoms with E-state index in [-0.39, 0.29) is 23.8 Å². The Morgan fingerprint density at radius 2 is 1.82 bits per heavy atom. The van der Waals surface area contributed by atoms with Gasteiger partial charge in [0.2, 0.25) is 5.91 Å². The van der Waals surface area contributed by atoms with Crippen LogP contribution in [0.2, 0.25) is 0 Å². The first kappa shape index (κ1) is 25.9. The van der Waals surface area contributed by atoms with Crippen molar-refractivity contribution in [2.75, 3.05) is 26.7 Å². The lowest BCUT2D eigenvalue weighted by Gasteiger charge is -2.32. The number of carbonyl (C=O) groups is 3. The van der Waals surface area contributed by atoms with Crippen LogP contribution in [0.25, 0.3) is 5.65 Å². The smallest absolute Gasteiger partial charge is 0.272 e. The molecular formula is C27H36N8O3. The Kier molecular flexibility index (Phi) is 6.93. The van der Waals surface area contributed by atoms with Crippen molar-refractivity contribution < 1.29 is 14.4 Å². The van der Waals surface area contributed by atoms with Crippen molar-refractivity contribution in [1.29, 1.82) is 0 Å². The summed E-state index contributed by atoms with van der Waals surface area (Å²) in [7, 11) is 3.71. The molecule has 3 aromatic heterocycles. The van der Waals surface area contributed by atoms with Gasteiger partial charge in [-0.2, -0.15) is 10.2 Å². The first-order valence-electron chi connectivity index (χ1n) is 13.4. The molecule has 0 aromatic carbocycles. The van der Waals surface area contributed by atoms with Crippen molar-refractivity contribution >= 4 is 23.4 Å². The lowest BCUT2D eigenvalue weighted by atomic mass is 9.90. The van der Waals surface area contributed by atoms with Gasteiger partial charge in [0.15, 0.2) is 11.3 Å². The number of aromatic nitrogens is 5. The van der Waals surface area contributed by atoms with E-state index < -0.39 is 0 Å². The van der Waals surface area contributed by atoms with Crippen LogP contribution in [0.3, 0.4) is 0 Å². The van der Waals surface area contributed by atoms with E-state index in [4.69, 9.17) is 0 Å². The van der Waals surface area contributed by atoms with Crippen LogP contribution in [0.4, 0.5) is 0 Å². The van der Waals surface area contributed by atoms with Crippen molar-refractivity contribution in [3.05, 3.63) is 45.7 Å². The van der Waals surface area contributed by atoms with E-state index in [1.807, 2.05) is 45.8 Å². The zero-order valence-corrected chi connectivity index (χ0v) is 22.9. The highest BCUT2D eigenvalue weighted by Gasteiger charge is 2.32. The van der Waals surface area contributed by atoms with E-state index in [0.717, 1.165) is 35.5 Å². The molecule has 1 aliphatic heterocycles. The number of fused-ring (bicyclic) bond motifs is 2. The molecule has 1 aliphatic carbocycles. The molecule has 0 fully saturated rings. The normalized spacial score (nSPS) is 19.3. The molecule has 11 heteroatoms. The second-order valence-electron chi connectivity index (χ2n) is 10.5. The fourth-order valence-corrected chi connectivity index (χ4v) is 5.79. The molecule has 1 atom stereocenters. The predicted molar refractivity (Wildman–Crippen MR) is 141 cm³/mol. The zero-order chi connectivity index (χ0) is 27.1. The third-order valence-corrected chi connectivity index (χ3v) is 7.87. The lowest BCUT2D eigenvalue weighted by molar-refractivity contribution is -0.132. The fraction of sp³-hybridized carbons (Fsp3) is 0.556. The molecule has 0 radical (unpaired) electrons. The number of aryl methyl sites for hydroxylation is 4. The molecule has 2 aliphatic rings. The van der Waals surface area contributed by atoms with Crippen molar-refractivity contribution in [1.82, 2.24) is 39.5 Å². The van der Waals surface area contributed by atoms with Gasteiger partial charge in [-0.15, -0.1) is 0 Å². The SMILES string of the molecule is Cc1cc(C)n2nc(C)c(C(=O)N3CCCNC(=O)c4nn(C)c5c4CC(CC5)N(C)C(=O)CCC3)c2n1. The van der Waals surface area contributed by atoms with E-state index in [0.29, 0.717) is 67.9 Å². The van der Waals surface area contributed by atoms with E-state index >= 15 is 0 Å². The number of nitrogens with zero attached hydrogens (tertiary/aromatic N) is 7. The van der Waals surface area contributed by atoms with Crippen LogP contribution in [-0.4, -0.2) is 84.6 Å². The maximum absolute atomic E-state index is 13.8. The van der Waals surface area contributed by atoms with Gasteiger partial charge in [0, 0.05) is 68.8 Å². The number of hydrogen-bond acceptors (Lipinski definition) is 6. The molecule has 11 nitrogen and oxygen atoms in total. The van der Waals surface area contributed by atoms with E-state index in [1.54, 1.807) is 14.1 Å². The molecule has 0 spiro atoms. The van der Waals surface area contributed by atoms with Crippen LogP contribution in [0, 0.1) is 20.8 Å². The van der Waals surface area contributed by atoms with E-state index in [9.17, 15) is 14.4 Å². The maximum Gasteiger partial charge on any atom is 0.272 e. The first-order chi connectivity index (χ1) is 18.2. The first-order valence-corrected chi connectivity index (χ1v) is 13.4. The summed E-state index contributed by atoms with van der Waals surface area (Å²) in [5.41, 5.74) is 5.83. The average molecular weight is 521 g/mol. The van der Waals surface area contributed by atoms with Gasteiger partial charge in [-0.3, -0.25) is 19.1 Å². The topological polar surface area (TPSA) is 118 Å². The molecule has 5 rings (SSSR count). The van der Waals surface area contributed by atoms with Gasteiger partial charge < -0.3 is 15.1 Å². The van der Waals surface area contributed by atoms with E-state index in [1.165, 1.54) is 0 Å². The van der Waals surface area contributed by atoms with Gasteiger partial charge in [0.25, 0.3) is 11.8 Å². The second kappa shape index (κ2) is 10.2. The van der Waals surface area contributed by atoms with Crippen molar-refractivity contribution in [2.24, 2.45) is 7.05 Å². The van der Waals surface area contributed by atoms with Crippen LogP contribution in [-0.2, 0) is 24.7 Å². The third-order valence-electron chi connectivity index (χ3n) is 7.87. The number of likely N-dealkylation sites (N-methyl/N-ethyl adjacent to an activating group) is 1. The average Bonchev–Trinajstić information content (AvgIpc) is 3.39. The van der Waals surface area contributed by atoms with Crippen molar-refractivity contribution in [3.8, 4) is 0 Å². The van der Waals surface area contributed by atoms with Gasteiger partial charge in [-0.05, 0) is 58.9 Å². The molecule has 3 amide bonds. The maximum atomic E-state index is 13.8. The van der Waals surface area contributed by atoms with Crippen LogP contribution in [0.5, 0.6) is 0 Å². The number of rotatable bonds is 1. The minimum atomic E-state index is -0.210. The molecular weight excluding hydrogens is 484 g/mol. The Bertz CT molecular complexity index is 1420. The third kappa shape index (κ3) is 4.65. The summed E-state index contributed by atoms with van der Waals surface area (Å²) in [4.78, 5) is 48.2. The van der Waals surface area contributed by atoms with Gasteiger partial charge in [0.05, 0.1) is 5.69 Å². The number of carbonyl (C=O) groups excluding carboxylic acids is 3. The molecule has 1 unspecified atom stereocenters.